The Bertz CT molecular complexity index is 3050. The molecule has 1 aliphatic rings. The number of aryl methyl sites for hydroxylation is 3. The number of nitrogens with zero attached hydrogens (tertiary/aromatic N) is 3. The van der Waals surface area contributed by atoms with Crippen LogP contribution in [0.3, 0.4) is 0 Å². The Hall–Kier alpha value is -7.33. The van der Waals surface area contributed by atoms with Crippen molar-refractivity contribution in [1.29, 1.82) is 0 Å². The van der Waals surface area contributed by atoms with Crippen LogP contribution in [0, 0.1) is 32.6 Å². The van der Waals surface area contributed by atoms with Gasteiger partial charge in [0.1, 0.15) is 5.84 Å². The molecule has 8 rings (SSSR count). The largest absolute Gasteiger partial charge is 0.352 e. The van der Waals surface area contributed by atoms with E-state index in [-0.39, 0.29) is 6.04 Å². The molecule has 7 aromatic rings. The summed E-state index contributed by atoms with van der Waals surface area (Å²) in [5.41, 5.74) is 22.1. The summed E-state index contributed by atoms with van der Waals surface area (Å²) in [6, 6.07) is 47.6. The van der Waals surface area contributed by atoms with Crippen molar-refractivity contribution in [3.05, 3.63) is 215 Å². The van der Waals surface area contributed by atoms with Crippen molar-refractivity contribution in [3.8, 4) is 34.1 Å². The van der Waals surface area contributed by atoms with E-state index in [9.17, 15) is 0 Å². The number of fused-ring (bicyclic) bond motifs is 2. The second kappa shape index (κ2) is 17.3. The number of aromatic nitrogens is 1. The maximum atomic E-state index is 5.28. The van der Waals surface area contributed by atoms with Gasteiger partial charge in [-0.1, -0.05) is 151 Å². The lowest BCUT2D eigenvalue weighted by Gasteiger charge is -2.29. The predicted octanol–water partition coefficient (Wildman–Crippen LogP) is 14.2. The van der Waals surface area contributed by atoms with Crippen molar-refractivity contribution in [3.63, 3.8) is 0 Å². The van der Waals surface area contributed by atoms with Crippen LogP contribution in [0.2, 0.25) is 0 Å². The van der Waals surface area contributed by atoms with Gasteiger partial charge in [0, 0.05) is 41.8 Å². The first-order valence-corrected chi connectivity index (χ1v) is 20.6. The normalized spacial score (nSPS) is 13.0. The number of benzene rings is 6. The van der Waals surface area contributed by atoms with Crippen molar-refractivity contribution in [2.24, 2.45) is 4.99 Å². The molecular weight excluding hydrogens is 727 g/mol. The molecule has 1 heterocycles. The SMILES string of the molecule is C=C(N=C(c1ccccc1)N(C)C(C)c1ccccc1)C1=C=C=CC(n2c(/C=C\CC#CC)c(C)c3cc4ccccc4c(-c4ccc(C)c(-c5ccccc5C)c4)c32)=C1. The highest BCUT2D eigenvalue weighted by atomic mass is 15.2. The van der Waals surface area contributed by atoms with Crippen LogP contribution < -0.4 is 0 Å². The Morgan fingerprint density at radius 2 is 1.52 bits per heavy atom. The van der Waals surface area contributed by atoms with Crippen molar-refractivity contribution < 1.29 is 0 Å². The highest BCUT2D eigenvalue weighted by Gasteiger charge is 2.23. The average Bonchev–Trinajstić information content (AvgIpc) is 3.56. The van der Waals surface area contributed by atoms with Crippen LogP contribution in [0.4, 0.5) is 0 Å². The lowest BCUT2D eigenvalue weighted by atomic mass is 9.90. The average molecular weight is 776 g/mol. The molecule has 0 aliphatic heterocycles. The van der Waals surface area contributed by atoms with Gasteiger partial charge in [-0.25, -0.2) is 4.99 Å². The standard InChI is InChI=1S/C57H49N3/c1-8-9-10-17-33-54-41(4)53-37-47-28-19-21-32-51(47)55(48-35-34-40(3)52(38-48)50-31-20-18-23-39(50)2)56(53)60(54)49-30-22-29-46(36-49)42(5)58-57(45-26-15-12-16-27-45)59(7)43(6)44-24-13-11-14-25-44/h11-21,23-28,30-38,43H,5,10H2,1-4,6-7H3/b33-17-,58-57?. The highest BCUT2D eigenvalue weighted by Crippen LogP contribution is 2.44. The van der Waals surface area contributed by atoms with Crippen LogP contribution in [-0.4, -0.2) is 22.4 Å². The van der Waals surface area contributed by atoms with Crippen molar-refractivity contribution in [2.75, 3.05) is 7.05 Å². The Kier molecular flexibility index (Phi) is 11.4. The number of hydrogen-bond donors (Lipinski definition) is 0. The maximum absolute atomic E-state index is 5.28. The number of rotatable bonds is 10. The summed E-state index contributed by atoms with van der Waals surface area (Å²) in [5.74, 6) is 7.10. The number of hydrogen-bond acceptors (Lipinski definition) is 1. The van der Waals surface area contributed by atoms with Gasteiger partial charge in [-0.05, 0) is 109 Å². The highest BCUT2D eigenvalue weighted by molar-refractivity contribution is 6.15. The van der Waals surface area contributed by atoms with Crippen LogP contribution in [-0.2, 0) is 0 Å². The molecule has 292 valence electrons. The van der Waals surface area contributed by atoms with Crippen molar-refractivity contribution in [2.45, 2.75) is 47.1 Å². The maximum Gasteiger partial charge on any atom is 0.136 e. The molecule has 0 bridgehead atoms. The molecule has 3 nitrogen and oxygen atoms in total. The summed E-state index contributed by atoms with van der Waals surface area (Å²) in [4.78, 5) is 7.50. The fraction of sp³-hybridized carbons (Fsp3) is 0.140. The van der Waals surface area contributed by atoms with E-state index >= 15 is 0 Å². The van der Waals surface area contributed by atoms with Crippen LogP contribution in [0.15, 0.2) is 186 Å². The van der Waals surface area contributed by atoms with E-state index in [2.05, 4.69) is 220 Å². The lowest BCUT2D eigenvalue weighted by molar-refractivity contribution is 0.403. The zero-order valence-electron chi connectivity index (χ0n) is 35.3. The smallest absolute Gasteiger partial charge is 0.136 e. The van der Waals surface area contributed by atoms with Gasteiger partial charge < -0.3 is 9.47 Å². The summed E-state index contributed by atoms with van der Waals surface area (Å²) >= 11 is 0. The molecule has 0 amide bonds. The van der Waals surface area contributed by atoms with E-state index in [4.69, 9.17) is 4.99 Å². The summed E-state index contributed by atoms with van der Waals surface area (Å²) in [7, 11) is 2.10. The van der Waals surface area contributed by atoms with Gasteiger partial charge >= 0.3 is 0 Å². The molecule has 3 heteroatoms. The van der Waals surface area contributed by atoms with E-state index in [1.165, 1.54) is 55.1 Å². The first-order valence-electron chi connectivity index (χ1n) is 20.6. The molecule has 0 saturated heterocycles. The summed E-state index contributed by atoms with van der Waals surface area (Å²) in [6.45, 7) is 15.3. The van der Waals surface area contributed by atoms with Gasteiger partial charge in [0.05, 0.1) is 28.5 Å². The van der Waals surface area contributed by atoms with E-state index < -0.39 is 0 Å². The molecule has 1 unspecified atom stereocenters. The molecule has 0 N–H and O–H groups in total. The Morgan fingerprint density at radius 1 is 0.817 bits per heavy atom. The van der Waals surface area contributed by atoms with Crippen molar-refractivity contribution >= 4 is 39.3 Å². The fourth-order valence-corrected chi connectivity index (χ4v) is 8.27. The van der Waals surface area contributed by atoms with Crippen LogP contribution in [0.1, 0.15) is 59.8 Å². The monoisotopic (exact) mass is 775 g/mol. The van der Waals surface area contributed by atoms with E-state index in [0.717, 1.165) is 39.4 Å². The molecule has 60 heavy (non-hydrogen) atoms. The minimum Gasteiger partial charge on any atom is -0.352 e. The van der Waals surface area contributed by atoms with E-state index in [0.29, 0.717) is 12.1 Å². The van der Waals surface area contributed by atoms with Crippen molar-refractivity contribution in [1.82, 2.24) is 9.47 Å². The molecule has 1 aromatic heterocycles. The minimum absolute atomic E-state index is 0.0714. The fourth-order valence-electron chi connectivity index (χ4n) is 8.27. The molecule has 1 atom stereocenters. The molecule has 6 aromatic carbocycles. The Balaban J connectivity index is 1.33. The number of amidine groups is 1. The first kappa shape index (κ1) is 39.5. The molecular formula is C57H49N3. The van der Waals surface area contributed by atoms with Gasteiger partial charge in [0.2, 0.25) is 0 Å². The van der Waals surface area contributed by atoms with Crippen LogP contribution in [0.5, 0.6) is 0 Å². The topological polar surface area (TPSA) is 20.5 Å². The van der Waals surface area contributed by atoms with Gasteiger partial charge in [0.25, 0.3) is 0 Å². The zero-order valence-corrected chi connectivity index (χ0v) is 35.3. The predicted molar refractivity (Wildman–Crippen MR) is 256 cm³/mol. The summed E-state index contributed by atoms with van der Waals surface area (Å²) in [6.07, 6.45) is 9.22. The molecule has 1 aliphatic carbocycles. The zero-order chi connectivity index (χ0) is 41.8. The minimum atomic E-state index is 0.0714. The van der Waals surface area contributed by atoms with E-state index in [1.807, 2.05) is 19.1 Å². The number of aliphatic imine (C=N–C) groups is 1. The Labute approximate surface area is 355 Å². The molecule has 0 spiro atoms. The second-order valence-corrected chi connectivity index (χ2v) is 15.4. The third-order valence-electron chi connectivity index (χ3n) is 11.7. The van der Waals surface area contributed by atoms with Crippen LogP contribution >= 0.6 is 0 Å². The summed E-state index contributed by atoms with van der Waals surface area (Å²) < 4.78 is 2.39. The van der Waals surface area contributed by atoms with Gasteiger partial charge in [-0.3, -0.25) is 0 Å². The molecule has 0 fully saturated rings. The summed E-state index contributed by atoms with van der Waals surface area (Å²) in [5, 5.41) is 3.58. The van der Waals surface area contributed by atoms with E-state index in [1.54, 1.807) is 0 Å². The number of allylic oxidation sites excluding steroid dienone is 4. The third kappa shape index (κ3) is 7.67. The Morgan fingerprint density at radius 3 is 2.28 bits per heavy atom. The third-order valence-corrected chi connectivity index (χ3v) is 11.7. The van der Waals surface area contributed by atoms with Crippen LogP contribution in [0.25, 0.3) is 55.7 Å². The molecule has 0 saturated carbocycles. The second-order valence-electron chi connectivity index (χ2n) is 15.4. The van der Waals surface area contributed by atoms with Gasteiger partial charge in [0.15, 0.2) is 0 Å². The first-order chi connectivity index (χ1) is 29.2. The lowest BCUT2D eigenvalue weighted by Crippen LogP contribution is -2.30. The molecule has 0 radical (unpaired) electrons. The van der Waals surface area contributed by atoms with Gasteiger partial charge in [-0.15, -0.1) is 5.92 Å². The quantitative estimate of drug-likeness (QED) is 0.0586. The van der Waals surface area contributed by atoms with Gasteiger partial charge in [-0.2, -0.15) is 0 Å².